The molecule has 0 aliphatic rings. The zero-order valence-electron chi connectivity index (χ0n) is 12.5. The second kappa shape index (κ2) is 5.91. The van der Waals surface area contributed by atoms with Crippen molar-refractivity contribution >= 4 is 11.6 Å². The highest BCUT2D eigenvalue weighted by Gasteiger charge is 2.16. The van der Waals surface area contributed by atoms with Gasteiger partial charge in [-0.05, 0) is 37.6 Å². The number of halogens is 1. The Morgan fingerprint density at radius 1 is 1.14 bits per heavy atom. The van der Waals surface area contributed by atoms with Gasteiger partial charge >= 0.3 is 0 Å². The van der Waals surface area contributed by atoms with Crippen molar-refractivity contribution in [2.75, 3.05) is 0 Å². The average molecular weight is 313 g/mol. The minimum atomic E-state index is 0.326. The summed E-state index contributed by atoms with van der Waals surface area (Å²) >= 11 is 6.13. The van der Waals surface area contributed by atoms with Crippen LogP contribution in [0.15, 0.2) is 42.5 Å². The van der Waals surface area contributed by atoms with Crippen LogP contribution in [0.1, 0.15) is 16.8 Å². The van der Waals surface area contributed by atoms with Crippen LogP contribution >= 0.6 is 11.6 Å². The van der Waals surface area contributed by atoms with Gasteiger partial charge in [0.15, 0.2) is 0 Å². The molecule has 1 aromatic heterocycles. The molecule has 0 spiro atoms. The van der Waals surface area contributed by atoms with Gasteiger partial charge in [0, 0.05) is 17.1 Å². The molecule has 1 heterocycles. The smallest absolute Gasteiger partial charge is 0.105 e. The summed E-state index contributed by atoms with van der Waals surface area (Å²) in [6.45, 7) is 4.46. The Hall–Kier alpha value is -2.17. The van der Waals surface area contributed by atoms with E-state index in [1.807, 2.05) is 35.0 Å². The fraction of sp³-hybridized carbons (Fsp3) is 0.176. The van der Waals surface area contributed by atoms with Crippen molar-refractivity contribution in [3.8, 4) is 16.9 Å². The largest absolute Gasteiger partial charge is 0.325 e. The third kappa shape index (κ3) is 2.63. The monoisotopic (exact) mass is 312 g/mol. The third-order valence-corrected chi connectivity index (χ3v) is 3.85. The normalized spacial score (nSPS) is 10.9. The van der Waals surface area contributed by atoms with Crippen LogP contribution in [-0.4, -0.2) is 15.0 Å². The SMILES string of the molecule is Cc1ccc(-n2nnc(CN)c2-c2cccc(Cl)c2)c(C)c1. The highest BCUT2D eigenvalue weighted by Crippen LogP contribution is 2.28. The topological polar surface area (TPSA) is 56.7 Å². The molecule has 0 saturated carbocycles. The molecule has 0 fully saturated rings. The first kappa shape index (κ1) is 14.8. The number of hydrogen-bond acceptors (Lipinski definition) is 3. The number of hydrogen-bond donors (Lipinski definition) is 1. The van der Waals surface area contributed by atoms with E-state index in [9.17, 15) is 0 Å². The zero-order valence-corrected chi connectivity index (χ0v) is 13.3. The fourth-order valence-electron chi connectivity index (χ4n) is 2.59. The summed E-state index contributed by atoms with van der Waals surface area (Å²) in [5, 5.41) is 9.20. The summed E-state index contributed by atoms with van der Waals surface area (Å²) in [6, 6.07) is 13.9. The van der Waals surface area contributed by atoms with Crippen molar-refractivity contribution < 1.29 is 0 Å². The van der Waals surface area contributed by atoms with E-state index in [2.05, 4.69) is 36.3 Å². The highest BCUT2D eigenvalue weighted by molar-refractivity contribution is 6.30. The number of aryl methyl sites for hydroxylation is 2. The minimum Gasteiger partial charge on any atom is -0.325 e. The molecule has 0 radical (unpaired) electrons. The van der Waals surface area contributed by atoms with Crippen LogP contribution in [0, 0.1) is 13.8 Å². The van der Waals surface area contributed by atoms with Gasteiger partial charge < -0.3 is 5.73 Å². The van der Waals surface area contributed by atoms with E-state index in [0.29, 0.717) is 11.6 Å². The molecule has 2 N–H and O–H groups in total. The van der Waals surface area contributed by atoms with Gasteiger partial charge in [0.25, 0.3) is 0 Å². The summed E-state index contributed by atoms with van der Waals surface area (Å²) in [7, 11) is 0. The summed E-state index contributed by atoms with van der Waals surface area (Å²) in [5.74, 6) is 0. The summed E-state index contributed by atoms with van der Waals surface area (Å²) in [5.41, 5.74) is 11.8. The Morgan fingerprint density at radius 3 is 2.64 bits per heavy atom. The maximum Gasteiger partial charge on any atom is 0.105 e. The van der Waals surface area contributed by atoms with E-state index < -0.39 is 0 Å². The molecule has 22 heavy (non-hydrogen) atoms. The maximum atomic E-state index is 6.13. The van der Waals surface area contributed by atoms with Crippen molar-refractivity contribution in [3.05, 3.63) is 64.3 Å². The number of benzene rings is 2. The molecule has 3 rings (SSSR count). The number of nitrogens with two attached hydrogens (primary N) is 1. The van der Waals surface area contributed by atoms with E-state index in [1.54, 1.807) is 0 Å². The van der Waals surface area contributed by atoms with Crippen LogP contribution in [0.5, 0.6) is 0 Å². The number of nitrogens with zero attached hydrogens (tertiary/aromatic N) is 3. The lowest BCUT2D eigenvalue weighted by Gasteiger charge is -2.11. The Kier molecular flexibility index (Phi) is 3.96. The van der Waals surface area contributed by atoms with Gasteiger partial charge in [-0.3, -0.25) is 0 Å². The Labute approximate surface area is 134 Å². The molecular weight excluding hydrogens is 296 g/mol. The van der Waals surface area contributed by atoms with Gasteiger partial charge in [-0.1, -0.05) is 46.6 Å². The van der Waals surface area contributed by atoms with Crippen LogP contribution in [0.25, 0.3) is 16.9 Å². The van der Waals surface area contributed by atoms with Gasteiger partial charge in [0.1, 0.15) is 5.69 Å². The van der Waals surface area contributed by atoms with Crippen molar-refractivity contribution in [2.24, 2.45) is 5.73 Å². The first-order valence-corrected chi connectivity index (χ1v) is 7.46. The van der Waals surface area contributed by atoms with Crippen molar-refractivity contribution in [2.45, 2.75) is 20.4 Å². The number of aromatic nitrogens is 3. The fourth-order valence-corrected chi connectivity index (χ4v) is 2.78. The van der Waals surface area contributed by atoms with Gasteiger partial charge in [0.05, 0.1) is 11.4 Å². The van der Waals surface area contributed by atoms with Crippen LogP contribution in [0.4, 0.5) is 0 Å². The lowest BCUT2D eigenvalue weighted by Crippen LogP contribution is -2.04. The predicted octanol–water partition coefficient (Wildman–Crippen LogP) is 3.66. The molecule has 112 valence electrons. The molecule has 4 nitrogen and oxygen atoms in total. The van der Waals surface area contributed by atoms with Gasteiger partial charge in [-0.2, -0.15) is 0 Å². The van der Waals surface area contributed by atoms with E-state index in [-0.39, 0.29) is 0 Å². The average Bonchev–Trinajstić information content (AvgIpc) is 2.91. The Bertz CT molecular complexity index is 823. The van der Waals surface area contributed by atoms with Gasteiger partial charge in [-0.15, -0.1) is 5.10 Å². The second-order valence-corrected chi connectivity index (χ2v) is 5.74. The molecular formula is C17H17ClN4. The molecule has 0 saturated heterocycles. The van der Waals surface area contributed by atoms with Gasteiger partial charge in [-0.25, -0.2) is 4.68 Å². The van der Waals surface area contributed by atoms with Gasteiger partial charge in [0.2, 0.25) is 0 Å². The molecule has 0 unspecified atom stereocenters. The van der Waals surface area contributed by atoms with Crippen molar-refractivity contribution in [3.63, 3.8) is 0 Å². The molecule has 2 aromatic carbocycles. The predicted molar refractivity (Wildman–Crippen MR) is 89.2 cm³/mol. The van der Waals surface area contributed by atoms with E-state index >= 15 is 0 Å². The molecule has 0 atom stereocenters. The molecule has 0 aliphatic heterocycles. The Balaban J connectivity index is 2.23. The van der Waals surface area contributed by atoms with Crippen LogP contribution < -0.4 is 5.73 Å². The van der Waals surface area contributed by atoms with Crippen LogP contribution in [0.2, 0.25) is 5.02 Å². The maximum absolute atomic E-state index is 6.13. The van der Waals surface area contributed by atoms with E-state index in [4.69, 9.17) is 17.3 Å². The minimum absolute atomic E-state index is 0.326. The van der Waals surface area contributed by atoms with Crippen molar-refractivity contribution in [1.29, 1.82) is 0 Å². The zero-order chi connectivity index (χ0) is 15.7. The quantitative estimate of drug-likeness (QED) is 0.803. The summed E-state index contributed by atoms with van der Waals surface area (Å²) in [4.78, 5) is 0. The molecule has 5 heteroatoms. The lowest BCUT2D eigenvalue weighted by atomic mass is 10.1. The van der Waals surface area contributed by atoms with E-state index in [0.717, 1.165) is 28.2 Å². The Morgan fingerprint density at radius 2 is 1.95 bits per heavy atom. The van der Waals surface area contributed by atoms with Crippen LogP contribution in [0.3, 0.4) is 0 Å². The molecule has 0 amide bonds. The first-order chi connectivity index (χ1) is 10.6. The van der Waals surface area contributed by atoms with Crippen molar-refractivity contribution in [1.82, 2.24) is 15.0 Å². The molecule has 0 aliphatic carbocycles. The first-order valence-electron chi connectivity index (χ1n) is 7.08. The molecule has 0 bridgehead atoms. The van der Waals surface area contributed by atoms with Crippen LogP contribution in [-0.2, 0) is 6.54 Å². The summed E-state index contributed by atoms with van der Waals surface area (Å²) < 4.78 is 1.84. The second-order valence-electron chi connectivity index (χ2n) is 5.30. The molecule has 3 aromatic rings. The third-order valence-electron chi connectivity index (χ3n) is 3.61. The van der Waals surface area contributed by atoms with E-state index in [1.165, 1.54) is 5.56 Å². The lowest BCUT2D eigenvalue weighted by molar-refractivity contribution is 0.795. The highest BCUT2D eigenvalue weighted by atomic mass is 35.5. The standard InChI is InChI=1S/C17H17ClN4/c1-11-6-7-16(12(2)8-11)22-17(15(10-19)20-21-22)13-4-3-5-14(18)9-13/h3-9H,10,19H2,1-2H3. The summed E-state index contributed by atoms with van der Waals surface area (Å²) in [6.07, 6.45) is 0. The number of rotatable bonds is 3.